The smallest absolute Gasteiger partial charge is 0.0451 e. The Hall–Kier alpha value is 0.250. The van der Waals surface area contributed by atoms with Crippen LogP contribution in [0.15, 0.2) is 41.1 Å². The molecule has 4 heteroatoms. The first-order valence-corrected chi connectivity index (χ1v) is 10.0. The van der Waals surface area contributed by atoms with E-state index < -0.39 is 0 Å². The summed E-state index contributed by atoms with van der Waals surface area (Å²) in [7, 11) is 0. The van der Waals surface area contributed by atoms with Crippen molar-refractivity contribution in [2.45, 2.75) is 32.6 Å². The van der Waals surface area contributed by atoms with Crippen molar-refractivity contribution in [3.8, 4) is 0 Å². The number of hydrogen-bond acceptors (Lipinski definition) is 1. The highest BCUT2D eigenvalue weighted by Gasteiger charge is 2.39. The van der Waals surface area contributed by atoms with Crippen LogP contribution in [0.3, 0.4) is 0 Å². The monoisotopic (exact) mass is 527 g/mol. The Kier molecular flexibility index (Phi) is 6.05. The number of alkyl halides is 1. The SMILES string of the molecule is C/C(Cl)=C/C=C1/N(CCCI)c2ccc(I)cc2C1(C)C. The molecular formula is C17H20ClI2N. The fourth-order valence-corrected chi connectivity index (χ4v) is 3.70. The van der Waals surface area contributed by atoms with E-state index in [1.807, 2.05) is 13.0 Å². The van der Waals surface area contributed by atoms with Crippen molar-refractivity contribution in [3.05, 3.63) is 50.2 Å². The molecule has 1 heterocycles. The second-order valence-corrected chi connectivity index (χ2v) is 8.71. The summed E-state index contributed by atoms with van der Waals surface area (Å²) in [4.78, 5) is 2.46. The summed E-state index contributed by atoms with van der Waals surface area (Å²) in [5.41, 5.74) is 4.11. The molecule has 1 aliphatic rings. The van der Waals surface area contributed by atoms with Crippen LogP contribution in [0, 0.1) is 3.57 Å². The van der Waals surface area contributed by atoms with E-state index >= 15 is 0 Å². The number of anilines is 1. The molecular weight excluding hydrogens is 507 g/mol. The minimum atomic E-state index is 0.0185. The van der Waals surface area contributed by atoms with Gasteiger partial charge in [-0.25, -0.2) is 0 Å². The minimum absolute atomic E-state index is 0.0185. The van der Waals surface area contributed by atoms with E-state index in [0.717, 1.165) is 11.6 Å². The van der Waals surface area contributed by atoms with E-state index in [2.05, 4.69) is 88.2 Å². The lowest BCUT2D eigenvalue weighted by Gasteiger charge is -2.26. The zero-order chi connectivity index (χ0) is 15.6. The Morgan fingerprint density at radius 1 is 1.38 bits per heavy atom. The maximum Gasteiger partial charge on any atom is 0.0451 e. The van der Waals surface area contributed by atoms with E-state index in [-0.39, 0.29) is 5.41 Å². The van der Waals surface area contributed by atoms with E-state index in [4.69, 9.17) is 11.6 Å². The molecule has 114 valence electrons. The molecule has 0 atom stereocenters. The number of benzene rings is 1. The molecule has 0 spiro atoms. The molecule has 0 saturated carbocycles. The van der Waals surface area contributed by atoms with Crippen LogP contribution in [0.4, 0.5) is 5.69 Å². The average Bonchev–Trinajstić information content (AvgIpc) is 2.62. The Bertz CT molecular complexity index is 586. The molecule has 0 radical (unpaired) electrons. The van der Waals surface area contributed by atoms with Crippen molar-refractivity contribution in [1.29, 1.82) is 0 Å². The van der Waals surface area contributed by atoms with Gasteiger partial charge in [-0.05, 0) is 71.9 Å². The summed E-state index contributed by atoms with van der Waals surface area (Å²) in [6.45, 7) is 7.58. The average molecular weight is 528 g/mol. The summed E-state index contributed by atoms with van der Waals surface area (Å²) in [6.07, 6.45) is 5.37. The molecule has 1 aromatic carbocycles. The van der Waals surface area contributed by atoms with Gasteiger partial charge < -0.3 is 4.90 Å². The number of allylic oxidation sites excluding steroid dienone is 4. The van der Waals surface area contributed by atoms with Gasteiger partial charge in [-0.2, -0.15) is 0 Å². The third-order valence-corrected chi connectivity index (χ3v) is 5.40. The van der Waals surface area contributed by atoms with Crippen LogP contribution in [0.5, 0.6) is 0 Å². The standard InChI is InChI=1S/C17H20ClI2N/c1-12(18)5-8-16-17(2,3)14-11-13(20)6-7-15(14)21(16)10-4-9-19/h5-8,11H,4,9-10H2,1-3H3/b12-5-,16-8+. The van der Waals surface area contributed by atoms with Gasteiger partial charge in [0.1, 0.15) is 0 Å². The van der Waals surface area contributed by atoms with Crippen molar-refractivity contribution < 1.29 is 0 Å². The van der Waals surface area contributed by atoms with Gasteiger partial charge in [0, 0.05) is 36.4 Å². The van der Waals surface area contributed by atoms with Crippen LogP contribution in [0.25, 0.3) is 0 Å². The third kappa shape index (κ3) is 3.78. The second-order valence-electron chi connectivity index (χ2n) is 5.79. The summed E-state index contributed by atoms with van der Waals surface area (Å²) in [5, 5.41) is 0.817. The number of halogens is 3. The van der Waals surface area contributed by atoms with E-state index in [1.165, 1.54) is 31.4 Å². The van der Waals surface area contributed by atoms with Crippen molar-refractivity contribution in [1.82, 2.24) is 0 Å². The normalized spacial score (nSPS) is 19.2. The van der Waals surface area contributed by atoms with Gasteiger partial charge in [0.05, 0.1) is 0 Å². The molecule has 0 fully saturated rings. The summed E-state index contributed by atoms with van der Waals surface area (Å²) in [6, 6.07) is 6.76. The lowest BCUT2D eigenvalue weighted by Crippen LogP contribution is -2.27. The molecule has 2 rings (SSSR count). The van der Waals surface area contributed by atoms with Gasteiger partial charge in [0.25, 0.3) is 0 Å². The zero-order valence-electron chi connectivity index (χ0n) is 12.6. The maximum absolute atomic E-state index is 6.03. The molecule has 1 aliphatic heterocycles. The Labute approximate surface area is 160 Å². The lowest BCUT2D eigenvalue weighted by molar-refractivity contribution is 0.629. The second kappa shape index (κ2) is 7.21. The predicted octanol–water partition coefficient (Wildman–Crippen LogP) is 6.24. The first-order valence-electron chi connectivity index (χ1n) is 7.06. The third-order valence-electron chi connectivity index (χ3n) is 3.84. The predicted molar refractivity (Wildman–Crippen MR) is 111 cm³/mol. The van der Waals surface area contributed by atoms with Crippen molar-refractivity contribution in [3.63, 3.8) is 0 Å². The molecule has 1 aromatic rings. The van der Waals surface area contributed by atoms with Gasteiger partial charge in [-0.15, -0.1) is 0 Å². The molecule has 0 amide bonds. The largest absolute Gasteiger partial charge is 0.344 e. The molecule has 0 N–H and O–H groups in total. The highest BCUT2D eigenvalue weighted by Crippen LogP contribution is 2.48. The molecule has 0 unspecified atom stereocenters. The van der Waals surface area contributed by atoms with E-state index in [9.17, 15) is 0 Å². The highest BCUT2D eigenvalue weighted by molar-refractivity contribution is 14.1. The van der Waals surface area contributed by atoms with E-state index in [1.54, 1.807) is 0 Å². The van der Waals surface area contributed by atoms with Crippen LogP contribution >= 0.6 is 56.8 Å². The quantitative estimate of drug-likeness (QED) is 0.331. The molecule has 21 heavy (non-hydrogen) atoms. The first-order chi connectivity index (χ1) is 9.87. The van der Waals surface area contributed by atoms with Crippen LogP contribution in [0.2, 0.25) is 0 Å². The molecule has 0 aliphatic carbocycles. The van der Waals surface area contributed by atoms with Crippen LogP contribution in [-0.4, -0.2) is 11.0 Å². The van der Waals surface area contributed by atoms with Gasteiger partial charge in [-0.3, -0.25) is 0 Å². The van der Waals surface area contributed by atoms with Crippen molar-refractivity contribution in [2.75, 3.05) is 15.9 Å². The molecule has 0 saturated heterocycles. The van der Waals surface area contributed by atoms with Gasteiger partial charge in [-0.1, -0.05) is 48.0 Å². The Balaban J connectivity index is 2.53. The zero-order valence-corrected chi connectivity index (χ0v) is 17.7. The topological polar surface area (TPSA) is 3.24 Å². The summed E-state index contributed by atoms with van der Waals surface area (Å²) >= 11 is 10.9. The minimum Gasteiger partial charge on any atom is -0.344 e. The lowest BCUT2D eigenvalue weighted by atomic mass is 9.84. The van der Waals surface area contributed by atoms with Gasteiger partial charge >= 0.3 is 0 Å². The van der Waals surface area contributed by atoms with Crippen molar-refractivity contribution in [2.24, 2.45) is 0 Å². The van der Waals surface area contributed by atoms with E-state index in [0.29, 0.717) is 0 Å². The Morgan fingerprint density at radius 2 is 2.10 bits per heavy atom. The summed E-state index contributed by atoms with van der Waals surface area (Å²) in [5.74, 6) is 0. The van der Waals surface area contributed by atoms with Crippen molar-refractivity contribution >= 4 is 62.5 Å². The summed E-state index contributed by atoms with van der Waals surface area (Å²) < 4.78 is 2.46. The van der Waals surface area contributed by atoms with Gasteiger partial charge in [0.2, 0.25) is 0 Å². The fraction of sp³-hybridized carbons (Fsp3) is 0.412. The maximum atomic E-state index is 6.03. The fourth-order valence-electron chi connectivity index (χ4n) is 2.80. The molecule has 0 bridgehead atoms. The van der Waals surface area contributed by atoms with Gasteiger partial charge in [0.15, 0.2) is 0 Å². The van der Waals surface area contributed by atoms with Crippen LogP contribution in [0.1, 0.15) is 32.8 Å². The highest BCUT2D eigenvalue weighted by atomic mass is 127. The Morgan fingerprint density at radius 3 is 2.71 bits per heavy atom. The van der Waals surface area contributed by atoms with Crippen LogP contribution in [-0.2, 0) is 5.41 Å². The number of rotatable bonds is 4. The molecule has 1 nitrogen and oxygen atoms in total. The number of fused-ring (bicyclic) bond motifs is 1. The first kappa shape index (κ1) is 17.6. The van der Waals surface area contributed by atoms with Crippen LogP contribution < -0.4 is 4.90 Å². The number of nitrogens with zero attached hydrogens (tertiary/aromatic N) is 1. The number of hydrogen-bond donors (Lipinski definition) is 0. The molecule has 0 aromatic heterocycles.